The molecule has 8 nitrogen and oxygen atoms in total. The Bertz CT molecular complexity index is 618. The maximum Gasteiger partial charge on any atom is 0.231 e. The molecule has 0 fully saturated rings. The third kappa shape index (κ3) is 2.62. The van der Waals surface area contributed by atoms with E-state index in [-0.39, 0.29) is 12.5 Å². The Morgan fingerprint density at radius 2 is 2.20 bits per heavy atom. The molecule has 5 N–H and O–H groups in total. The standard InChI is InChI=1S/C12H13N5O3/c1-6(18)7-2-10-11(20-5-19-10)3-8(7)16-17-9(4-13)12(14)15/h2-3,6,16,18H,5H2,1H3,(H3,14,15)/b17-9+. The predicted molar refractivity (Wildman–Crippen MR) is 71.8 cm³/mol. The van der Waals surface area contributed by atoms with Gasteiger partial charge in [0, 0.05) is 11.6 Å². The van der Waals surface area contributed by atoms with E-state index in [0.717, 1.165) is 0 Å². The van der Waals surface area contributed by atoms with Crippen LogP contribution in [0.2, 0.25) is 0 Å². The zero-order chi connectivity index (χ0) is 14.7. The summed E-state index contributed by atoms with van der Waals surface area (Å²) in [6, 6.07) is 4.92. The summed E-state index contributed by atoms with van der Waals surface area (Å²) in [7, 11) is 0. The van der Waals surface area contributed by atoms with E-state index in [4.69, 9.17) is 25.9 Å². The van der Waals surface area contributed by atoms with Crippen LogP contribution in [-0.2, 0) is 0 Å². The molecule has 104 valence electrons. The third-order valence-electron chi connectivity index (χ3n) is 2.64. The van der Waals surface area contributed by atoms with Crippen molar-refractivity contribution in [2.75, 3.05) is 12.2 Å². The number of nitriles is 1. The van der Waals surface area contributed by atoms with Gasteiger partial charge in [0.1, 0.15) is 6.07 Å². The molecule has 8 heteroatoms. The molecule has 0 bridgehead atoms. The summed E-state index contributed by atoms with van der Waals surface area (Å²) >= 11 is 0. The number of nitrogens with zero attached hydrogens (tertiary/aromatic N) is 2. The van der Waals surface area contributed by atoms with E-state index >= 15 is 0 Å². The smallest absolute Gasteiger partial charge is 0.231 e. The van der Waals surface area contributed by atoms with Crippen LogP contribution in [0.5, 0.6) is 11.5 Å². The minimum Gasteiger partial charge on any atom is -0.454 e. The van der Waals surface area contributed by atoms with Gasteiger partial charge in [-0.15, -0.1) is 0 Å². The van der Waals surface area contributed by atoms with Gasteiger partial charge in [-0.1, -0.05) is 0 Å². The van der Waals surface area contributed by atoms with Gasteiger partial charge in [-0.05, 0) is 13.0 Å². The van der Waals surface area contributed by atoms with Gasteiger partial charge in [0.15, 0.2) is 17.3 Å². The molecule has 0 saturated heterocycles. The zero-order valence-electron chi connectivity index (χ0n) is 10.7. The van der Waals surface area contributed by atoms with Gasteiger partial charge < -0.3 is 20.3 Å². The number of anilines is 1. The van der Waals surface area contributed by atoms with E-state index in [0.29, 0.717) is 22.7 Å². The van der Waals surface area contributed by atoms with E-state index in [2.05, 4.69) is 10.5 Å². The Labute approximate surface area is 114 Å². The van der Waals surface area contributed by atoms with Crippen LogP contribution in [-0.4, -0.2) is 23.4 Å². The van der Waals surface area contributed by atoms with Gasteiger partial charge in [0.05, 0.1) is 11.8 Å². The fraction of sp³-hybridized carbons (Fsp3) is 0.250. The molecular formula is C12H13N5O3. The van der Waals surface area contributed by atoms with Crippen LogP contribution in [0, 0.1) is 16.7 Å². The van der Waals surface area contributed by atoms with Gasteiger partial charge >= 0.3 is 0 Å². The van der Waals surface area contributed by atoms with Gasteiger partial charge in [0.25, 0.3) is 0 Å². The van der Waals surface area contributed by atoms with Crippen molar-refractivity contribution in [3.05, 3.63) is 17.7 Å². The van der Waals surface area contributed by atoms with E-state index in [1.54, 1.807) is 25.1 Å². The number of hydrogen-bond acceptors (Lipinski definition) is 7. The summed E-state index contributed by atoms with van der Waals surface area (Å²) in [6.45, 7) is 1.70. The van der Waals surface area contributed by atoms with Crippen molar-refractivity contribution in [3.63, 3.8) is 0 Å². The highest BCUT2D eigenvalue weighted by Gasteiger charge is 2.19. The maximum atomic E-state index is 9.75. The molecule has 1 aromatic carbocycles. The van der Waals surface area contributed by atoms with Gasteiger partial charge in [-0.3, -0.25) is 10.8 Å². The lowest BCUT2D eigenvalue weighted by atomic mass is 10.1. The molecule has 0 aliphatic carbocycles. The van der Waals surface area contributed by atoms with E-state index in [1.165, 1.54) is 0 Å². The fourth-order valence-electron chi connectivity index (χ4n) is 1.66. The number of aliphatic hydroxyl groups is 1. The first-order valence-corrected chi connectivity index (χ1v) is 5.72. The van der Waals surface area contributed by atoms with Crippen molar-refractivity contribution in [1.29, 1.82) is 10.7 Å². The van der Waals surface area contributed by atoms with Gasteiger partial charge in [0.2, 0.25) is 12.5 Å². The lowest BCUT2D eigenvalue weighted by Gasteiger charge is -2.12. The van der Waals surface area contributed by atoms with Crippen LogP contribution in [0.15, 0.2) is 17.2 Å². The van der Waals surface area contributed by atoms with E-state index in [9.17, 15) is 5.11 Å². The minimum atomic E-state index is -0.773. The normalized spacial score (nSPS) is 14.6. The van der Waals surface area contributed by atoms with Crippen LogP contribution in [0.1, 0.15) is 18.6 Å². The highest BCUT2D eigenvalue weighted by atomic mass is 16.7. The number of amidine groups is 1. The summed E-state index contributed by atoms with van der Waals surface area (Å²) in [5, 5.41) is 29.4. The Kier molecular flexibility index (Phi) is 3.72. The van der Waals surface area contributed by atoms with Gasteiger partial charge in [-0.25, -0.2) is 0 Å². The SMILES string of the molecule is CC(O)c1cc2c(cc1N/N=C(\C#N)C(=N)N)OCO2. The lowest BCUT2D eigenvalue weighted by Crippen LogP contribution is -2.22. The van der Waals surface area contributed by atoms with E-state index < -0.39 is 11.9 Å². The molecule has 1 aliphatic heterocycles. The van der Waals surface area contributed by atoms with E-state index in [1.807, 2.05) is 0 Å². The summed E-state index contributed by atoms with van der Waals surface area (Å²) in [6.07, 6.45) is -0.773. The molecule has 20 heavy (non-hydrogen) atoms. The van der Waals surface area contributed by atoms with Crippen LogP contribution in [0.3, 0.4) is 0 Å². The number of aliphatic hydroxyl groups excluding tert-OH is 1. The topological polar surface area (TPSA) is 137 Å². The van der Waals surface area contributed by atoms with Crippen molar-refractivity contribution in [3.8, 4) is 17.6 Å². The first-order valence-electron chi connectivity index (χ1n) is 5.72. The lowest BCUT2D eigenvalue weighted by molar-refractivity contribution is 0.173. The largest absolute Gasteiger partial charge is 0.454 e. The molecule has 1 atom stereocenters. The highest BCUT2D eigenvalue weighted by molar-refractivity contribution is 6.45. The number of hydrogen-bond donors (Lipinski definition) is 4. The molecule has 1 heterocycles. The number of nitrogens with one attached hydrogen (secondary N) is 2. The van der Waals surface area contributed by atoms with Crippen molar-refractivity contribution < 1.29 is 14.6 Å². The van der Waals surface area contributed by atoms with Crippen molar-refractivity contribution >= 4 is 17.2 Å². The highest BCUT2D eigenvalue weighted by Crippen LogP contribution is 2.39. The molecule has 1 unspecified atom stereocenters. The van der Waals surface area contributed by atoms with Crippen molar-refractivity contribution in [2.45, 2.75) is 13.0 Å². The second-order valence-corrected chi connectivity index (χ2v) is 4.07. The minimum absolute atomic E-state index is 0.109. The number of ether oxygens (including phenoxy) is 2. The van der Waals surface area contributed by atoms with Crippen LogP contribution < -0.4 is 20.6 Å². The fourth-order valence-corrected chi connectivity index (χ4v) is 1.66. The quantitative estimate of drug-likeness (QED) is 0.362. The summed E-state index contributed by atoms with van der Waals surface area (Å²) in [4.78, 5) is 0. The predicted octanol–water partition coefficient (Wildman–Crippen LogP) is 0.696. The van der Waals surface area contributed by atoms with Crippen LogP contribution in [0.4, 0.5) is 5.69 Å². The third-order valence-corrected chi connectivity index (χ3v) is 2.64. The molecule has 0 aromatic heterocycles. The second kappa shape index (κ2) is 5.46. The Balaban J connectivity index is 2.36. The Morgan fingerprint density at radius 3 is 2.75 bits per heavy atom. The Hall–Kier alpha value is -2.79. The first-order chi connectivity index (χ1) is 9.52. The molecule has 1 aliphatic rings. The zero-order valence-corrected chi connectivity index (χ0v) is 10.7. The van der Waals surface area contributed by atoms with Crippen molar-refractivity contribution in [2.24, 2.45) is 10.8 Å². The number of fused-ring (bicyclic) bond motifs is 1. The van der Waals surface area contributed by atoms with Crippen molar-refractivity contribution in [1.82, 2.24) is 0 Å². The van der Waals surface area contributed by atoms with Crippen LogP contribution in [0.25, 0.3) is 0 Å². The molecule has 0 spiro atoms. The molecule has 2 rings (SSSR count). The number of benzene rings is 1. The number of nitrogens with two attached hydrogens (primary N) is 1. The molecule has 0 amide bonds. The van der Waals surface area contributed by atoms with Crippen LogP contribution >= 0.6 is 0 Å². The monoisotopic (exact) mass is 275 g/mol. The molecule has 0 radical (unpaired) electrons. The first kappa shape index (κ1) is 13.6. The summed E-state index contributed by atoms with van der Waals surface area (Å²) in [5.74, 6) is 0.593. The van der Waals surface area contributed by atoms with Gasteiger partial charge in [-0.2, -0.15) is 10.4 Å². The molecular weight excluding hydrogens is 262 g/mol. The summed E-state index contributed by atoms with van der Waals surface area (Å²) < 4.78 is 10.5. The second-order valence-electron chi connectivity index (χ2n) is 4.07. The average Bonchev–Trinajstić information content (AvgIpc) is 2.84. The molecule has 0 saturated carbocycles. The number of hydrazone groups is 1. The number of rotatable bonds is 4. The maximum absolute atomic E-state index is 9.75. The average molecular weight is 275 g/mol. The Morgan fingerprint density at radius 1 is 1.55 bits per heavy atom. The molecule has 1 aromatic rings. The summed E-state index contributed by atoms with van der Waals surface area (Å²) in [5.41, 5.74) is 8.52.